The van der Waals surface area contributed by atoms with Gasteiger partial charge in [-0.2, -0.15) is 0 Å². The van der Waals surface area contributed by atoms with Crippen LogP contribution < -0.4 is 0 Å². The minimum atomic E-state index is -0.440. The fourth-order valence-corrected chi connectivity index (χ4v) is 5.77. The third kappa shape index (κ3) is 4.93. The molecule has 3 aliphatic heterocycles. The van der Waals surface area contributed by atoms with Crippen molar-refractivity contribution in [2.75, 3.05) is 32.8 Å². The summed E-state index contributed by atoms with van der Waals surface area (Å²) in [6.07, 6.45) is 8.83. The van der Waals surface area contributed by atoms with Gasteiger partial charge in [-0.15, -0.1) is 0 Å². The molecule has 0 aromatic carbocycles. The Morgan fingerprint density at radius 2 is 1.57 bits per heavy atom. The number of carbonyl (C=O) groups is 2. The molecule has 3 saturated heterocycles. The molecule has 0 N–H and O–H groups in total. The van der Waals surface area contributed by atoms with Gasteiger partial charge >= 0.3 is 6.09 Å². The maximum atomic E-state index is 12.7. The van der Waals surface area contributed by atoms with E-state index in [1.807, 2.05) is 25.7 Å². The van der Waals surface area contributed by atoms with Crippen molar-refractivity contribution < 1.29 is 19.1 Å². The predicted molar refractivity (Wildman–Crippen MR) is 114 cm³/mol. The lowest BCUT2D eigenvalue weighted by atomic mass is 9.87. The van der Waals surface area contributed by atoms with E-state index in [-0.39, 0.29) is 24.7 Å². The number of fused-ring (bicyclic) bond motifs is 1. The molecule has 4 aliphatic rings. The number of nitrogens with zero attached hydrogens (tertiary/aromatic N) is 3. The monoisotopic (exact) mass is 421 g/mol. The molecule has 1 aliphatic carbocycles. The third-order valence-electron chi connectivity index (χ3n) is 7.26. The molecule has 1 saturated carbocycles. The Morgan fingerprint density at radius 1 is 0.933 bits per heavy atom. The van der Waals surface area contributed by atoms with Crippen LogP contribution in [0.25, 0.3) is 0 Å². The van der Waals surface area contributed by atoms with Gasteiger partial charge in [0, 0.05) is 38.3 Å². The lowest BCUT2D eigenvalue weighted by Gasteiger charge is -2.50. The molecule has 0 aromatic heterocycles. The number of ether oxygens (including phenoxy) is 2. The van der Waals surface area contributed by atoms with Crippen LogP contribution in [0.3, 0.4) is 0 Å². The van der Waals surface area contributed by atoms with Crippen molar-refractivity contribution >= 4 is 12.0 Å². The second-order valence-corrected chi connectivity index (χ2v) is 10.5. The minimum absolute atomic E-state index is 0.187. The van der Waals surface area contributed by atoms with Crippen LogP contribution in [-0.2, 0) is 14.3 Å². The van der Waals surface area contributed by atoms with Gasteiger partial charge in [-0.1, -0.05) is 12.8 Å². The van der Waals surface area contributed by atoms with Gasteiger partial charge < -0.3 is 24.2 Å². The van der Waals surface area contributed by atoms with Gasteiger partial charge in [0.05, 0.1) is 12.1 Å². The molecule has 0 radical (unpaired) electrons. The number of rotatable bonds is 2. The summed E-state index contributed by atoms with van der Waals surface area (Å²) in [6, 6.07) is 1.20. The number of carbonyl (C=O) groups excluding carboxylic acids is 2. The van der Waals surface area contributed by atoms with Crippen molar-refractivity contribution in [3.63, 3.8) is 0 Å². The lowest BCUT2D eigenvalue weighted by Crippen LogP contribution is -2.61. The Bertz CT molecular complexity index is 618. The van der Waals surface area contributed by atoms with Crippen molar-refractivity contribution in [3.05, 3.63) is 0 Å². The van der Waals surface area contributed by atoms with Crippen molar-refractivity contribution in [3.8, 4) is 0 Å². The van der Waals surface area contributed by atoms with Crippen LogP contribution in [0.15, 0.2) is 0 Å². The third-order valence-corrected chi connectivity index (χ3v) is 7.26. The molecule has 2 unspecified atom stereocenters. The van der Waals surface area contributed by atoms with Gasteiger partial charge in [0.1, 0.15) is 12.2 Å². The van der Waals surface area contributed by atoms with E-state index in [9.17, 15) is 9.59 Å². The average molecular weight is 422 g/mol. The van der Waals surface area contributed by atoms with Gasteiger partial charge in [-0.25, -0.2) is 4.79 Å². The summed E-state index contributed by atoms with van der Waals surface area (Å²) in [7, 11) is 0. The highest BCUT2D eigenvalue weighted by Gasteiger charge is 2.42. The molecule has 0 spiro atoms. The highest BCUT2D eigenvalue weighted by molar-refractivity contribution is 5.79. The highest BCUT2D eigenvalue weighted by atomic mass is 16.6. The topological polar surface area (TPSA) is 62.3 Å². The van der Waals surface area contributed by atoms with Crippen LogP contribution in [0.2, 0.25) is 0 Å². The van der Waals surface area contributed by atoms with Gasteiger partial charge in [0.15, 0.2) is 0 Å². The van der Waals surface area contributed by atoms with Crippen LogP contribution in [0.1, 0.15) is 72.1 Å². The van der Waals surface area contributed by atoms with Crippen LogP contribution >= 0.6 is 0 Å². The van der Waals surface area contributed by atoms with E-state index in [1.165, 1.54) is 12.8 Å². The Balaban J connectivity index is 1.26. The maximum Gasteiger partial charge on any atom is 0.410 e. The maximum absolute atomic E-state index is 12.7. The van der Waals surface area contributed by atoms with Crippen LogP contribution in [-0.4, -0.2) is 89.3 Å². The van der Waals surface area contributed by atoms with Gasteiger partial charge in [-0.05, 0) is 59.3 Å². The second-order valence-electron chi connectivity index (χ2n) is 10.5. The van der Waals surface area contributed by atoms with Gasteiger partial charge in [0.25, 0.3) is 0 Å². The molecule has 0 aromatic rings. The standard InChI is InChI=1S/C23H39N3O4/c1-23(2,3)30-22(28)25-14-8-17(9-15-25)24-12-10-18(11-13-24)26-19-6-4-5-7-20(19)29-16-21(26)27/h17-20H,4-16H2,1-3H3. The number of hydrogen-bond donors (Lipinski definition) is 0. The molecule has 0 bridgehead atoms. The molecule has 7 heteroatoms. The molecule has 4 fully saturated rings. The zero-order valence-electron chi connectivity index (χ0n) is 19.0. The largest absolute Gasteiger partial charge is 0.444 e. The van der Waals surface area contributed by atoms with Crippen LogP contribution in [0, 0.1) is 0 Å². The molecule has 2 amide bonds. The fourth-order valence-electron chi connectivity index (χ4n) is 5.77. The Morgan fingerprint density at radius 3 is 2.23 bits per heavy atom. The van der Waals surface area contributed by atoms with Gasteiger partial charge in [0.2, 0.25) is 5.91 Å². The summed E-state index contributed by atoms with van der Waals surface area (Å²) in [5.74, 6) is 0.197. The molecule has 7 nitrogen and oxygen atoms in total. The molecule has 170 valence electrons. The normalized spacial score (nSPS) is 30.3. The molecular weight excluding hydrogens is 382 g/mol. The van der Waals surface area contributed by atoms with E-state index in [0.29, 0.717) is 18.1 Å². The molecular formula is C23H39N3O4. The zero-order valence-corrected chi connectivity index (χ0v) is 19.0. The highest BCUT2D eigenvalue weighted by Crippen LogP contribution is 2.33. The first-order valence-electron chi connectivity index (χ1n) is 12.0. The first kappa shape index (κ1) is 21.9. The van der Waals surface area contributed by atoms with Crippen molar-refractivity contribution in [1.29, 1.82) is 0 Å². The summed E-state index contributed by atoms with van der Waals surface area (Å²) in [6.45, 7) is 9.64. The molecule has 2 atom stereocenters. The zero-order chi connectivity index (χ0) is 21.3. The Labute approximate surface area is 181 Å². The predicted octanol–water partition coefficient (Wildman–Crippen LogP) is 3.02. The SMILES string of the molecule is CC(C)(C)OC(=O)N1CCC(N2CCC(N3C(=O)COC4CCCCC43)CC2)CC1. The quantitative estimate of drug-likeness (QED) is 0.686. The Hall–Kier alpha value is -1.34. The average Bonchev–Trinajstić information content (AvgIpc) is 2.73. The summed E-state index contributed by atoms with van der Waals surface area (Å²) in [5.41, 5.74) is -0.440. The second kappa shape index (κ2) is 9.03. The van der Waals surface area contributed by atoms with Crippen molar-refractivity contribution in [1.82, 2.24) is 14.7 Å². The fraction of sp³-hybridized carbons (Fsp3) is 0.913. The minimum Gasteiger partial charge on any atom is -0.444 e. The first-order valence-corrected chi connectivity index (χ1v) is 12.0. The molecule has 3 heterocycles. The number of piperidine rings is 2. The van der Waals surface area contributed by atoms with E-state index < -0.39 is 5.60 Å². The van der Waals surface area contributed by atoms with Gasteiger partial charge in [-0.3, -0.25) is 4.79 Å². The summed E-state index contributed by atoms with van der Waals surface area (Å²) < 4.78 is 11.4. The van der Waals surface area contributed by atoms with E-state index in [0.717, 1.165) is 64.7 Å². The number of amides is 2. The van der Waals surface area contributed by atoms with Crippen LogP contribution in [0.4, 0.5) is 4.79 Å². The van der Waals surface area contributed by atoms with Crippen molar-refractivity contribution in [2.24, 2.45) is 0 Å². The van der Waals surface area contributed by atoms with Crippen molar-refractivity contribution in [2.45, 2.75) is 102 Å². The number of likely N-dealkylation sites (tertiary alicyclic amines) is 2. The summed E-state index contributed by atoms with van der Waals surface area (Å²) in [5, 5.41) is 0. The van der Waals surface area contributed by atoms with E-state index >= 15 is 0 Å². The summed E-state index contributed by atoms with van der Waals surface area (Å²) >= 11 is 0. The molecule has 30 heavy (non-hydrogen) atoms. The lowest BCUT2D eigenvalue weighted by molar-refractivity contribution is -0.167. The van der Waals surface area contributed by atoms with Crippen LogP contribution in [0.5, 0.6) is 0 Å². The molecule has 4 rings (SSSR count). The first-order chi connectivity index (χ1) is 14.3. The van der Waals surface area contributed by atoms with E-state index in [2.05, 4.69) is 9.80 Å². The smallest absolute Gasteiger partial charge is 0.410 e. The van der Waals surface area contributed by atoms with E-state index in [1.54, 1.807) is 0 Å². The summed E-state index contributed by atoms with van der Waals surface area (Å²) in [4.78, 5) is 31.6. The number of hydrogen-bond acceptors (Lipinski definition) is 5. The van der Waals surface area contributed by atoms with E-state index in [4.69, 9.17) is 9.47 Å². The number of morpholine rings is 1. The Kier molecular flexibility index (Phi) is 6.58.